The van der Waals surface area contributed by atoms with Gasteiger partial charge >= 0.3 is 17.9 Å². The van der Waals surface area contributed by atoms with E-state index in [0.29, 0.717) is 34.4 Å². The number of rotatable bonds is 11. The number of carbonyl (C=O) groups excluding carboxylic acids is 3. The van der Waals surface area contributed by atoms with Crippen LogP contribution in [0.2, 0.25) is 0 Å². The molecule has 0 fully saturated rings. The number of hydrogen-bond acceptors (Lipinski definition) is 7. The molecule has 0 saturated heterocycles. The molecule has 2 aromatic rings. The minimum absolute atomic E-state index is 0.00712. The molecule has 196 valence electrons. The molecule has 2 aromatic carbocycles. The summed E-state index contributed by atoms with van der Waals surface area (Å²) in [5.74, 6) is -3.12. The van der Waals surface area contributed by atoms with Crippen LogP contribution in [0.1, 0.15) is 58.8 Å². The Morgan fingerprint density at radius 1 is 1.16 bits per heavy atom. The molecule has 1 heterocycles. The molecule has 9 nitrogen and oxygen atoms in total. The molecule has 0 radical (unpaired) electrons. The highest BCUT2D eigenvalue weighted by molar-refractivity contribution is 6.00. The summed E-state index contributed by atoms with van der Waals surface area (Å²) in [5.41, 5.74) is 3.15. The topological polar surface area (TPSA) is 128 Å². The van der Waals surface area contributed by atoms with E-state index in [1.54, 1.807) is 19.9 Å². The fourth-order valence-electron chi connectivity index (χ4n) is 3.95. The van der Waals surface area contributed by atoms with Crippen LogP contribution < -0.4 is 14.8 Å². The molecule has 0 aromatic heterocycles. The lowest BCUT2D eigenvalue weighted by molar-refractivity contribution is -0.139. The third kappa shape index (κ3) is 6.93. The van der Waals surface area contributed by atoms with Gasteiger partial charge < -0.3 is 24.6 Å². The van der Waals surface area contributed by atoms with Crippen LogP contribution in [0, 0.1) is 12.7 Å². The zero-order valence-corrected chi connectivity index (χ0v) is 20.8. The van der Waals surface area contributed by atoms with Gasteiger partial charge in [-0.2, -0.15) is 0 Å². The lowest BCUT2D eigenvalue weighted by atomic mass is 9.94. The maximum absolute atomic E-state index is 13.1. The standard InChI is InChI=1S/C27H28FNO8/c1-15(5-11-22(31)32)4-10-19-25(35-3)16(2)20-14-36-27(34)24(20)26(19)37-23(33)12-21(30)29-13-17-6-8-18(28)9-7-17/h4,6-9H,5,10-14H2,1-3H3,(H,29,30)(H,31,32). The summed E-state index contributed by atoms with van der Waals surface area (Å²) in [7, 11) is 1.45. The van der Waals surface area contributed by atoms with Crippen molar-refractivity contribution in [2.75, 3.05) is 7.11 Å². The maximum atomic E-state index is 13.1. The average molecular weight is 514 g/mol. The third-order valence-electron chi connectivity index (χ3n) is 5.94. The molecule has 0 atom stereocenters. The molecular weight excluding hydrogens is 485 g/mol. The van der Waals surface area contributed by atoms with Crippen LogP contribution in [0.3, 0.4) is 0 Å². The number of nitrogens with one attached hydrogen (secondary N) is 1. The second kappa shape index (κ2) is 12.2. The van der Waals surface area contributed by atoms with Crippen molar-refractivity contribution < 1.29 is 42.9 Å². The number of hydrogen-bond donors (Lipinski definition) is 2. The van der Waals surface area contributed by atoms with Gasteiger partial charge in [0.25, 0.3) is 0 Å². The van der Waals surface area contributed by atoms with E-state index in [1.165, 1.54) is 31.4 Å². The molecule has 10 heteroatoms. The molecule has 0 spiro atoms. The van der Waals surface area contributed by atoms with Gasteiger partial charge in [-0.3, -0.25) is 14.4 Å². The Hall–Kier alpha value is -4.21. The average Bonchev–Trinajstić information content (AvgIpc) is 3.24. The number of ether oxygens (including phenoxy) is 3. The first-order chi connectivity index (χ1) is 17.6. The van der Waals surface area contributed by atoms with Gasteiger partial charge in [0.2, 0.25) is 5.91 Å². The van der Waals surface area contributed by atoms with Crippen LogP contribution in [0.5, 0.6) is 11.5 Å². The highest BCUT2D eigenvalue weighted by Crippen LogP contribution is 2.43. The zero-order chi connectivity index (χ0) is 27.1. The van der Waals surface area contributed by atoms with E-state index in [4.69, 9.17) is 19.3 Å². The predicted octanol–water partition coefficient (Wildman–Crippen LogP) is 3.78. The Labute approximate surface area is 213 Å². The van der Waals surface area contributed by atoms with Gasteiger partial charge in [-0.05, 0) is 49.9 Å². The first-order valence-corrected chi connectivity index (χ1v) is 11.6. The second-order valence-electron chi connectivity index (χ2n) is 8.60. The van der Waals surface area contributed by atoms with E-state index in [9.17, 15) is 23.6 Å². The van der Waals surface area contributed by atoms with Crippen molar-refractivity contribution in [1.29, 1.82) is 0 Å². The van der Waals surface area contributed by atoms with Gasteiger partial charge in [-0.1, -0.05) is 23.8 Å². The number of methoxy groups -OCH3 is 1. The Balaban J connectivity index is 1.83. The quantitative estimate of drug-likeness (QED) is 0.201. The zero-order valence-electron chi connectivity index (χ0n) is 20.8. The largest absolute Gasteiger partial charge is 0.496 e. The SMILES string of the molecule is COc1c(C)c2c(c(OC(=O)CC(=O)NCc3ccc(F)cc3)c1CC=C(C)CCC(=O)O)C(=O)OC2. The molecule has 3 rings (SSSR count). The summed E-state index contributed by atoms with van der Waals surface area (Å²) < 4.78 is 29.4. The Bertz CT molecular complexity index is 1250. The monoisotopic (exact) mass is 513 g/mol. The van der Waals surface area contributed by atoms with Gasteiger partial charge in [-0.25, -0.2) is 9.18 Å². The van der Waals surface area contributed by atoms with E-state index in [2.05, 4.69) is 5.32 Å². The molecule has 2 N–H and O–H groups in total. The Morgan fingerprint density at radius 2 is 1.86 bits per heavy atom. The lowest BCUT2D eigenvalue weighted by Crippen LogP contribution is -2.27. The van der Waals surface area contributed by atoms with Crippen molar-refractivity contribution in [3.05, 3.63) is 69.5 Å². The predicted molar refractivity (Wildman–Crippen MR) is 130 cm³/mol. The van der Waals surface area contributed by atoms with Crippen LogP contribution in [-0.4, -0.2) is 36.0 Å². The first-order valence-electron chi connectivity index (χ1n) is 11.6. The fourth-order valence-corrected chi connectivity index (χ4v) is 3.95. The number of fused-ring (bicyclic) bond motifs is 1. The summed E-state index contributed by atoms with van der Waals surface area (Å²) in [6.07, 6.45) is 1.64. The van der Waals surface area contributed by atoms with E-state index in [1.807, 2.05) is 0 Å². The van der Waals surface area contributed by atoms with Gasteiger partial charge in [0, 0.05) is 24.1 Å². The molecule has 1 aliphatic rings. The highest BCUT2D eigenvalue weighted by atomic mass is 19.1. The molecule has 1 aliphatic heterocycles. The molecule has 0 aliphatic carbocycles. The second-order valence-corrected chi connectivity index (χ2v) is 8.60. The number of carboxylic acid groups (broad SMARTS) is 1. The first kappa shape index (κ1) is 27.4. The van der Waals surface area contributed by atoms with E-state index in [0.717, 1.165) is 5.57 Å². The maximum Gasteiger partial charge on any atom is 0.342 e. The molecule has 0 saturated carbocycles. The lowest BCUT2D eigenvalue weighted by Gasteiger charge is -2.18. The molecule has 0 unspecified atom stereocenters. The number of halogens is 1. The number of esters is 2. The van der Waals surface area contributed by atoms with Crippen molar-refractivity contribution in [3.63, 3.8) is 0 Å². The van der Waals surface area contributed by atoms with Crippen molar-refractivity contribution >= 4 is 23.8 Å². The number of carbonyl (C=O) groups is 4. The minimum atomic E-state index is -0.922. The number of aliphatic carboxylic acids is 1. The van der Waals surface area contributed by atoms with E-state index < -0.39 is 36.1 Å². The number of cyclic esters (lactones) is 1. The normalized spacial score (nSPS) is 12.5. The highest BCUT2D eigenvalue weighted by Gasteiger charge is 2.34. The van der Waals surface area contributed by atoms with Gasteiger partial charge in [-0.15, -0.1) is 0 Å². The molecular formula is C27H28FNO8. The van der Waals surface area contributed by atoms with E-state index in [-0.39, 0.29) is 37.3 Å². The molecule has 1 amide bonds. The van der Waals surface area contributed by atoms with Crippen molar-refractivity contribution in [3.8, 4) is 11.5 Å². The van der Waals surface area contributed by atoms with Crippen molar-refractivity contribution in [2.24, 2.45) is 0 Å². The smallest absolute Gasteiger partial charge is 0.342 e. The third-order valence-corrected chi connectivity index (χ3v) is 5.94. The summed E-state index contributed by atoms with van der Waals surface area (Å²) in [6, 6.07) is 5.55. The van der Waals surface area contributed by atoms with Crippen LogP contribution in [-0.2, 0) is 38.7 Å². The molecule has 37 heavy (non-hydrogen) atoms. The molecule has 0 bridgehead atoms. The summed E-state index contributed by atoms with van der Waals surface area (Å²) in [5, 5.41) is 11.5. The number of carboxylic acids is 1. The number of amides is 1. The van der Waals surface area contributed by atoms with Crippen molar-refractivity contribution in [2.45, 2.75) is 52.7 Å². The number of allylic oxidation sites excluding steroid dienone is 2. The Kier molecular flexibility index (Phi) is 9.00. The van der Waals surface area contributed by atoms with Gasteiger partial charge in [0.1, 0.15) is 30.2 Å². The Morgan fingerprint density at radius 3 is 2.51 bits per heavy atom. The van der Waals surface area contributed by atoms with Crippen LogP contribution in [0.15, 0.2) is 35.9 Å². The van der Waals surface area contributed by atoms with Gasteiger partial charge in [0.05, 0.1) is 7.11 Å². The van der Waals surface area contributed by atoms with Crippen molar-refractivity contribution in [1.82, 2.24) is 5.32 Å². The van der Waals surface area contributed by atoms with Crippen LogP contribution in [0.4, 0.5) is 4.39 Å². The summed E-state index contributed by atoms with van der Waals surface area (Å²) >= 11 is 0. The van der Waals surface area contributed by atoms with Crippen LogP contribution in [0.25, 0.3) is 0 Å². The van der Waals surface area contributed by atoms with Crippen LogP contribution >= 0.6 is 0 Å². The van der Waals surface area contributed by atoms with Gasteiger partial charge in [0.15, 0.2) is 5.75 Å². The fraction of sp³-hybridized carbons (Fsp3) is 0.333. The summed E-state index contributed by atoms with van der Waals surface area (Å²) in [6.45, 7) is 3.63. The number of benzene rings is 2. The van der Waals surface area contributed by atoms with E-state index >= 15 is 0 Å². The summed E-state index contributed by atoms with van der Waals surface area (Å²) in [4.78, 5) is 48.5. The minimum Gasteiger partial charge on any atom is -0.496 e.